The van der Waals surface area contributed by atoms with Crippen molar-refractivity contribution in [3.8, 4) is 6.07 Å². The zero-order chi connectivity index (χ0) is 12.8. The molecule has 0 spiro atoms. The van der Waals surface area contributed by atoms with Crippen molar-refractivity contribution in [2.45, 2.75) is 12.7 Å². The number of thioether (sulfide) groups is 1. The number of rotatable bonds is 3. The Hall–Kier alpha value is -1.03. The van der Waals surface area contributed by atoms with Crippen LogP contribution in [0.5, 0.6) is 0 Å². The fourth-order valence-electron chi connectivity index (χ4n) is 1.64. The topological polar surface area (TPSA) is 51.4 Å². The second-order valence-electron chi connectivity index (χ2n) is 4.03. The molecule has 0 radical (unpaired) electrons. The van der Waals surface area contributed by atoms with E-state index in [1.807, 2.05) is 24.3 Å². The summed E-state index contributed by atoms with van der Waals surface area (Å²) in [6.07, 6.45) is 0. The Morgan fingerprint density at radius 3 is 3.00 bits per heavy atom. The summed E-state index contributed by atoms with van der Waals surface area (Å²) in [5.41, 5.74) is 1.87. The van der Waals surface area contributed by atoms with E-state index in [9.17, 15) is 0 Å². The van der Waals surface area contributed by atoms with Crippen LogP contribution in [0.4, 0.5) is 0 Å². The van der Waals surface area contributed by atoms with Crippen LogP contribution in [0.3, 0.4) is 0 Å². The van der Waals surface area contributed by atoms with Gasteiger partial charge in [0.1, 0.15) is 0 Å². The number of benzene rings is 1. The fourth-order valence-corrected chi connectivity index (χ4v) is 2.44. The lowest BCUT2D eigenvalue weighted by Gasteiger charge is -2.24. The summed E-state index contributed by atoms with van der Waals surface area (Å²) in [6.45, 7) is 4.77. The molecule has 0 saturated heterocycles. The van der Waals surface area contributed by atoms with Gasteiger partial charge in [-0.05, 0) is 24.2 Å². The smallest absolute Gasteiger partial charge is 0.159 e. The van der Waals surface area contributed by atoms with Crippen LogP contribution in [0, 0.1) is 11.3 Å². The highest BCUT2D eigenvalue weighted by atomic mass is 79.9. The van der Waals surface area contributed by atoms with Crippen LogP contribution in [0.1, 0.15) is 18.1 Å². The number of hydrogen-bond acceptors (Lipinski definition) is 5. The standard InChI is InChI=1S/C13H16N4S.BrH/c1-2-17-9-15-13(16-10-17)18-8-12-5-3-4-11(6-12)7-14;/h3-6H,2,8-10H2,1H3,(H,15,16);1H/p-1. The highest BCUT2D eigenvalue weighted by molar-refractivity contribution is 8.13. The Morgan fingerprint density at radius 1 is 1.53 bits per heavy atom. The summed E-state index contributed by atoms with van der Waals surface area (Å²) in [7, 11) is 0. The van der Waals surface area contributed by atoms with Crippen molar-refractivity contribution >= 4 is 16.9 Å². The third-order valence-electron chi connectivity index (χ3n) is 2.75. The molecule has 1 heterocycles. The van der Waals surface area contributed by atoms with Crippen molar-refractivity contribution in [2.24, 2.45) is 4.99 Å². The number of amidine groups is 1. The Kier molecular flexibility index (Phi) is 6.92. The largest absolute Gasteiger partial charge is 1.00 e. The molecule has 1 N–H and O–H groups in total. The molecule has 6 heteroatoms. The maximum absolute atomic E-state index is 8.84. The molecule has 0 aromatic heterocycles. The van der Waals surface area contributed by atoms with Crippen molar-refractivity contribution in [3.05, 3.63) is 35.4 Å². The first kappa shape index (κ1) is 16.0. The quantitative estimate of drug-likeness (QED) is 0.766. The SMILES string of the molecule is CCN1CN=C(SCc2cccc(C#N)c2)NC1.[Br-]. The van der Waals surface area contributed by atoms with E-state index in [2.05, 4.69) is 28.2 Å². The fraction of sp³-hybridized carbons (Fsp3) is 0.385. The van der Waals surface area contributed by atoms with E-state index in [4.69, 9.17) is 5.26 Å². The van der Waals surface area contributed by atoms with Crippen molar-refractivity contribution in [1.29, 1.82) is 5.26 Å². The van der Waals surface area contributed by atoms with Gasteiger partial charge in [0.25, 0.3) is 0 Å². The highest BCUT2D eigenvalue weighted by Crippen LogP contribution is 2.15. The lowest BCUT2D eigenvalue weighted by Crippen LogP contribution is -3.00. The molecule has 102 valence electrons. The minimum atomic E-state index is 0. The van der Waals surface area contributed by atoms with Gasteiger partial charge in [0.05, 0.1) is 25.0 Å². The molecule has 1 aliphatic heterocycles. The van der Waals surface area contributed by atoms with Crippen molar-refractivity contribution in [2.75, 3.05) is 19.9 Å². The van der Waals surface area contributed by atoms with Crippen LogP contribution in [0.15, 0.2) is 29.3 Å². The molecule has 0 aliphatic carbocycles. The van der Waals surface area contributed by atoms with Gasteiger partial charge in [-0.1, -0.05) is 30.8 Å². The van der Waals surface area contributed by atoms with Gasteiger partial charge < -0.3 is 22.3 Å². The Balaban J connectivity index is 0.00000180. The average Bonchev–Trinajstić information content (AvgIpc) is 2.46. The maximum Gasteiger partial charge on any atom is 0.159 e. The van der Waals surface area contributed by atoms with Crippen molar-refractivity contribution in [3.63, 3.8) is 0 Å². The third kappa shape index (κ3) is 4.86. The van der Waals surface area contributed by atoms with Gasteiger partial charge in [-0.25, -0.2) is 4.99 Å². The zero-order valence-electron chi connectivity index (χ0n) is 10.8. The number of nitrogens with one attached hydrogen (secondary N) is 1. The Bertz CT molecular complexity index is 484. The van der Waals surface area contributed by atoms with Crippen LogP contribution < -0.4 is 22.3 Å². The van der Waals surface area contributed by atoms with Gasteiger partial charge in [0, 0.05) is 5.75 Å². The number of aliphatic imine (C=N–C) groups is 1. The van der Waals surface area contributed by atoms with E-state index in [0.29, 0.717) is 5.56 Å². The molecular weight excluding hydrogens is 324 g/mol. The minimum Gasteiger partial charge on any atom is -1.00 e. The van der Waals surface area contributed by atoms with Crippen LogP contribution >= 0.6 is 11.8 Å². The van der Waals surface area contributed by atoms with E-state index in [0.717, 1.165) is 36.4 Å². The van der Waals surface area contributed by atoms with Gasteiger partial charge in [0.15, 0.2) is 5.17 Å². The molecule has 2 rings (SSSR count). The summed E-state index contributed by atoms with van der Waals surface area (Å²) in [6, 6.07) is 9.86. The van der Waals surface area contributed by atoms with E-state index in [1.54, 1.807) is 11.8 Å². The summed E-state index contributed by atoms with van der Waals surface area (Å²) in [5, 5.41) is 13.1. The predicted molar refractivity (Wildman–Crippen MR) is 75.1 cm³/mol. The Morgan fingerprint density at radius 2 is 2.37 bits per heavy atom. The number of nitrogens with zero attached hydrogens (tertiary/aromatic N) is 3. The van der Waals surface area contributed by atoms with Gasteiger partial charge in [-0.2, -0.15) is 5.26 Å². The monoisotopic (exact) mass is 339 g/mol. The van der Waals surface area contributed by atoms with E-state index in [-0.39, 0.29) is 17.0 Å². The number of halogens is 1. The normalized spacial score (nSPS) is 14.8. The van der Waals surface area contributed by atoms with Crippen molar-refractivity contribution in [1.82, 2.24) is 10.2 Å². The molecule has 0 fully saturated rings. The number of hydrogen-bond donors (Lipinski definition) is 1. The van der Waals surface area contributed by atoms with Crippen LogP contribution in [0.2, 0.25) is 0 Å². The molecular formula is C13H16BrN4S-. The van der Waals surface area contributed by atoms with Gasteiger partial charge in [-0.15, -0.1) is 0 Å². The van der Waals surface area contributed by atoms with E-state index >= 15 is 0 Å². The molecule has 0 bridgehead atoms. The zero-order valence-corrected chi connectivity index (χ0v) is 13.2. The molecule has 1 aliphatic rings. The minimum absolute atomic E-state index is 0. The Labute approximate surface area is 128 Å². The lowest BCUT2D eigenvalue weighted by atomic mass is 10.2. The van der Waals surface area contributed by atoms with Crippen molar-refractivity contribution < 1.29 is 17.0 Å². The molecule has 0 saturated carbocycles. The summed E-state index contributed by atoms with van der Waals surface area (Å²) >= 11 is 1.68. The van der Waals surface area contributed by atoms with Crippen LogP contribution in [0.25, 0.3) is 0 Å². The first-order chi connectivity index (χ1) is 8.81. The highest BCUT2D eigenvalue weighted by Gasteiger charge is 2.10. The summed E-state index contributed by atoms with van der Waals surface area (Å²) < 4.78 is 0. The average molecular weight is 340 g/mol. The van der Waals surface area contributed by atoms with E-state index < -0.39 is 0 Å². The lowest BCUT2D eigenvalue weighted by molar-refractivity contribution is -0.00000402. The maximum atomic E-state index is 8.84. The van der Waals surface area contributed by atoms with Gasteiger partial charge in [-0.3, -0.25) is 4.90 Å². The summed E-state index contributed by atoms with van der Waals surface area (Å²) in [5.74, 6) is 0.841. The van der Waals surface area contributed by atoms with Gasteiger partial charge >= 0.3 is 0 Å². The number of nitriles is 1. The molecule has 0 atom stereocenters. The molecule has 0 unspecified atom stereocenters. The molecule has 1 aromatic rings. The summed E-state index contributed by atoms with van der Waals surface area (Å²) in [4.78, 5) is 6.69. The second kappa shape index (κ2) is 8.20. The molecule has 1 aromatic carbocycles. The molecule has 0 amide bonds. The molecule has 19 heavy (non-hydrogen) atoms. The third-order valence-corrected chi connectivity index (χ3v) is 3.77. The molecule has 4 nitrogen and oxygen atoms in total. The van der Waals surface area contributed by atoms with Crippen LogP contribution in [-0.4, -0.2) is 29.9 Å². The van der Waals surface area contributed by atoms with E-state index in [1.165, 1.54) is 0 Å². The van der Waals surface area contributed by atoms with Crippen LogP contribution in [-0.2, 0) is 5.75 Å². The first-order valence-corrected chi connectivity index (χ1v) is 6.93. The predicted octanol–water partition coefficient (Wildman–Crippen LogP) is -1.01. The van der Waals surface area contributed by atoms with Gasteiger partial charge in [0.2, 0.25) is 0 Å². The first-order valence-electron chi connectivity index (χ1n) is 5.94. The second-order valence-corrected chi connectivity index (χ2v) is 4.99.